The van der Waals surface area contributed by atoms with Crippen LogP contribution in [0.3, 0.4) is 0 Å². The average Bonchev–Trinajstić information content (AvgIpc) is 2.36. The molecule has 2 saturated carbocycles. The molecule has 3 heteroatoms. The van der Waals surface area contributed by atoms with Crippen LogP contribution in [0, 0.1) is 22.7 Å². The summed E-state index contributed by atoms with van der Waals surface area (Å²) in [5.41, 5.74) is 0.378. The van der Waals surface area contributed by atoms with Gasteiger partial charge in [0.1, 0.15) is 0 Å². The lowest BCUT2D eigenvalue weighted by Gasteiger charge is -2.56. The normalized spacial score (nSPS) is 40.0. The van der Waals surface area contributed by atoms with Crippen LogP contribution in [0.25, 0.3) is 0 Å². The molecule has 0 amide bonds. The largest absolute Gasteiger partial charge is 0.481 e. The van der Waals surface area contributed by atoms with Gasteiger partial charge in [0, 0.05) is 5.92 Å². The maximum Gasteiger partial charge on any atom is 0.309 e. The van der Waals surface area contributed by atoms with Gasteiger partial charge in [0.2, 0.25) is 0 Å². The molecule has 0 unspecified atom stereocenters. The second kappa shape index (κ2) is 5.43. The van der Waals surface area contributed by atoms with E-state index in [4.69, 9.17) is 0 Å². The molecule has 0 bridgehead atoms. The van der Waals surface area contributed by atoms with Crippen molar-refractivity contribution in [2.75, 3.05) is 0 Å². The summed E-state index contributed by atoms with van der Waals surface area (Å²) in [6.45, 7) is 9.83. The monoisotopic (exact) mass is 290 g/mol. The molecule has 2 aliphatic carbocycles. The van der Waals surface area contributed by atoms with E-state index in [2.05, 4.69) is 13.5 Å². The smallest absolute Gasteiger partial charge is 0.309 e. The SMILES string of the molecule is C=C1CC[C@H]2[C@](C)(CCC[C@@]2(C)C(=O)O)[C@H]1C=CC(C)=O. The van der Waals surface area contributed by atoms with Crippen molar-refractivity contribution in [3.8, 4) is 0 Å². The van der Waals surface area contributed by atoms with Gasteiger partial charge in [0.25, 0.3) is 0 Å². The standard InChI is InChI=1S/C18H26O3/c1-12-6-9-15-17(3,14(12)8-7-13(2)19)10-5-11-18(15,4)16(20)21/h7-8,14-15H,1,5-6,9-11H2,2-4H3,(H,20,21)/t14-,15-,17+,18+/m0/s1. The van der Waals surface area contributed by atoms with Crippen molar-refractivity contribution < 1.29 is 14.7 Å². The zero-order valence-electron chi connectivity index (χ0n) is 13.3. The number of carboxylic acid groups (broad SMARTS) is 1. The summed E-state index contributed by atoms with van der Waals surface area (Å²) in [4.78, 5) is 23.1. The molecule has 1 N–H and O–H groups in total. The van der Waals surface area contributed by atoms with Crippen molar-refractivity contribution in [1.82, 2.24) is 0 Å². The zero-order chi connectivity index (χ0) is 15.8. The number of aliphatic carboxylic acids is 1. The minimum atomic E-state index is -0.680. The van der Waals surface area contributed by atoms with Gasteiger partial charge in [0.15, 0.2) is 5.78 Å². The highest BCUT2D eigenvalue weighted by atomic mass is 16.4. The summed E-state index contributed by atoms with van der Waals surface area (Å²) in [6.07, 6.45) is 8.01. The van der Waals surface area contributed by atoms with Gasteiger partial charge in [-0.15, -0.1) is 0 Å². The highest BCUT2D eigenvalue weighted by Gasteiger charge is 2.56. The molecule has 0 heterocycles. The summed E-state index contributed by atoms with van der Waals surface area (Å²) in [5, 5.41) is 9.73. The van der Waals surface area contributed by atoms with Gasteiger partial charge in [-0.05, 0) is 56.9 Å². The second-order valence-electron chi connectivity index (χ2n) is 7.28. The molecule has 0 aromatic rings. The van der Waals surface area contributed by atoms with Gasteiger partial charge >= 0.3 is 5.97 Å². The van der Waals surface area contributed by atoms with E-state index in [9.17, 15) is 14.7 Å². The highest BCUT2D eigenvalue weighted by Crippen LogP contribution is 2.61. The Morgan fingerprint density at radius 1 is 1.33 bits per heavy atom. The predicted octanol–water partition coefficient (Wildman–Crippen LogP) is 4.00. The number of hydrogen-bond donors (Lipinski definition) is 1. The van der Waals surface area contributed by atoms with E-state index in [0.29, 0.717) is 0 Å². The van der Waals surface area contributed by atoms with Gasteiger partial charge in [-0.3, -0.25) is 9.59 Å². The molecule has 0 radical (unpaired) electrons. The van der Waals surface area contributed by atoms with Crippen LogP contribution in [0.2, 0.25) is 0 Å². The molecule has 3 nitrogen and oxygen atoms in total. The third-order valence-corrected chi connectivity index (χ3v) is 5.89. The van der Waals surface area contributed by atoms with Crippen LogP contribution in [-0.4, -0.2) is 16.9 Å². The third kappa shape index (κ3) is 2.58. The Morgan fingerprint density at radius 2 is 2.00 bits per heavy atom. The van der Waals surface area contributed by atoms with Crippen LogP contribution in [0.15, 0.2) is 24.3 Å². The Hall–Kier alpha value is -1.38. The molecule has 0 aliphatic heterocycles. The molecule has 2 fully saturated rings. The van der Waals surface area contributed by atoms with Gasteiger partial charge in [-0.2, -0.15) is 0 Å². The molecule has 0 spiro atoms. The summed E-state index contributed by atoms with van der Waals surface area (Å²) < 4.78 is 0. The molecular formula is C18H26O3. The summed E-state index contributed by atoms with van der Waals surface area (Å²) in [6, 6.07) is 0. The van der Waals surface area contributed by atoms with E-state index in [0.717, 1.165) is 37.7 Å². The summed E-state index contributed by atoms with van der Waals surface area (Å²) in [5.74, 6) is -0.395. The van der Waals surface area contributed by atoms with Crippen LogP contribution in [0.4, 0.5) is 0 Å². The molecule has 2 aliphatic rings. The lowest BCUT2D eigenvalue weighted by atomic mass is 9.47. The number of carbonyl (C=O) groups is 2. The Morgan fingerprint density at radius 3 is 2.57 bits per heavy atom. The fourth-order valence-electron chi connectivity index (χ4n) is 4.73. The van der Waals surface area contributed by atoms with Crippen LogP contribution in [0.1, 0.15) is 52.9 Å². The molecule has 4 atom stereocenters. The number of fused-ring (bicyclic) bond motifs is 1. The lowest BCUT2D eigenvalue weighted by Crippen LogP contribution is -2.53. The Balaban J connectivity index is 2.42. The third-order valence-electron chi connectivity index (χ3n) is 5.89. The number of allylic oxidation sites excluding steroid dienone is 3. The first-order chi connectivity index (χ1) is 9.71. The fourth-order valence-corrected chi connectivity index (χ4v) is 4.73. The molecule has 21 heavy (non-hydrogen) atoms. The minimum Gasteiger partial charge on any atom is -0.481 e. The fraction of sp³-hybridized carbons (Fsp3) is 0.667. The second-order valence-corrected chi connectivity index (χ2v) is 7.28. The first-order valence-corrected chi connectivity index (χ1v) is 7.81. The van der Waals surface area contributed by atoms with E-state index in [-0.39, 0.29) is 23.0 Å². The molecule has 116 valence electrons. The highest BCUT2D eigenvalue weighted by molar-refractivity contribution is 5.87. The zero-order valence-corrected chi connectivity index (χ0v) is 13.3. The van der Waals surface area contributed by atoms with E-state index in [1.165, 1.54) is 0 Å². The van der Waals surface area contributed by atoms with E-state index >= 15 is 0 Å². The molecular weight excluding hydrogens is 264 g/mol. The van der Waals surface area contributed by atoms with Crippen molar-refractivity contribution in [1.29, 1.82) is 0 Å². The maximum atomic E-state index is 11.8. The first-order valence-electron chi connectivity index (χ1n) is 7.81. The summed E-state index contributed by atoms with van der Waals surface area (Å²) in [7, 11) is 0. The average molecular weight is 290 g/mol. The first kappa shape index (κ1) is 16.0. The van der Waals surface area contributed by atoms with Crippen molar-refractivity contribution >= 4 is 11.8 Å². The van der Waals surface area contributed by atoms with Crippen LogP contribution in [0.5, 0.6) is 0 Å². The van der Waals surface area contributed by atoms with Gasteiger partial charge in [0.05, 0.1) is 5.41 Å². The van der Waals surface area contributed by atoms with Crippen molar-refractivity contribution in [3.05, 3.63) is 24.3 Å². The maximum absolute atomic E-state index is 11.8. The van der Waals surface area contributed by atoms with Crippen molar-refractivity contribution in [3.63, 3.8) is 0 Å². The minimum absolute atomic E-state index is 0.0327. The topological polar surface area (TPSA) is 54.4 Å². The van der Waals surface area contributed by atoms with Gasteiger partial charge in [-0.1, -0.05) is 31.6 Å². The summed E-state index contributed by atoms with van der Waals surface area (Å²) >= 11 is 0. The number of ketones is 1. The van der Waals surface area contributed by atoms with E-state index in [1.54, 1.807) is 13.0 Å². The lowest BCUT2D eigenvalue weighted by molar-refractivity contribution is -0.163. The molecule has 0 aromatic heterocycles. The van der Waals surface area contributed by atoms with Gasteiger partial charge < -0.3 is 5.11 Å². The van der Waals surface area contributed by atoms with Crippen LogP contribution >= 0.6 is 0 Å². The molecule has 0 saturated heterocycles. The van der Waals surface area contributed by atoms with Crippen LogP contribution in [-0.2, 0) is 9.59 Å². The van der Waals surface area contributed by atoms with Crippen molar-refractivity contribution in [2.24, 2.45) is 22.7 Å². The quantitative estimate of drug-likeness (QED) is 0.631. The predicted molar refractivity (Wildman–Crippen MR) is 82.9 cm³/mol. The Bertz CT molecular complexity index is 505. The Kier molecular flexibility index (Phi) is 4.14. The molecule has 2 rings (SSSR count). The number of rotatable bonds is 3. The number of hydrogen-bond acceptors (Lipinski definition) is 2. The van der Waals surface area contributed by atoms with Crippen LogP contribution < -0.4 is 0 Å². The molecule has 0 aromatic carbocycles. The number of carbonyl (C=O) groups excluding carboxylic acids is 1. The van der Waals surface area contributed by atoms with Crippen molar-refractivity contribution in [2.45, 2.75) is 52.9 Å². The van der Waals surface area contributed by atoms with E-state index in [1.807, 2.05) is 13.0 Å². The Labute approximate surface area is 127 Å². The van der Waals surface area contributed by atoms with Gasteiger partial charge in [-0.25, -0.2) is 0 Å². The van der Waals surface area contributed by atoms with E-state index < -0.39 is 11.4 Å². The number of carboxylic acids is 1.